The number of rotatable bonds is 0. The molecular weight excluding hydrogens is 180 g/mol. The molecule has 0 aromatic carbocycles. The molecule has 0 spiro atoms. The summed E-state index contributed by atoms with van der Waals surface area (Å²) in [6.45, 7) is 1.04. The number of nitrogens with zero attached hydrogens (tertiary/aromatic N) is 1. The van der Waals surface area contributed by atoms with Gasteiger partial charge in [-0.2, -0.15) is 9.07 Å². The first-order valence-electron chi connectivity index (χ1n) is 2.88. The van der Waals surface area contributed by atoms with Gasteiger partial charge in [-0.3, -0.25) is 9.89 Å². The molecule has 1 heterocycles. The number of H-pyrrole nitrogens is 1. The molecule has 0 aliphatic carbocycles. The second kappa shape index (κ2) is 2.36. The summed E-state index contributed by atoms with van der Waals surface area (Å²) >= 11 is 0. The number of hydrogen-bond acceptors (Lipinski definition) is 1. The predicted octanol–water partition coefficient (Wildman–Crippen LogP) is 1.10. The van der Waals surface area contributed by atoms with E-state index in [-0.39, 0.29) is 0 Å². The van der Waals surface area contributed by atoms with Crippen LogP contribution >= 0.6 is 0 Å². The van der Waals surface area contributed by atoms with E-state index in [2.05, 4.69) is 0 Å². The molecule has 0 aliphatic rings. The number of alkyl halides is 3. The van der Waals surface area contributed by atoms with E-state index in [4.69, 9.17) is 0 Å². The van der Waals surface area contributed by atoms with Crippen LogP contribution in [0.1, 0.15) is 5.69 Å². The summed E-state index contributed by atoms with van der Waals surface area (Å²) in [7, 11) is 0. The second-order valence-corrected chi connectivity index (χ2v) is 2.16. The van der Waals surface area contributed by atoms with E-state index in [0.717, 1.165) is 6.92 Å². The molecule has 0 saturated carbocycles. The van der Waals surface area contributed by atoms with Gasteiger partial charge in [0.15, 0.2) is 0 Å². The number of hydrogen-bond donors (Lipinski definition) is 1. The Bertz CT molecular complexity index is 347. The zero-order valence-corrected chi connectivity index (χ0v) is 5.87. The Kier molecular flexibility index (Phi) is 1.73. The maximum absolute atomic E-state index is 12.4. The van der Waals surface area contributed by atoms with E-state index in [1.165, 1.54) is 0 Å². The summed E-state index contributed by atoms with van der Waals surface area (Å²) < 4.78 is 47.1. The first-order chi connectivity index (χ1) is 5.34. The van der Waals surface area contributed by atoms with Gasteiger partial charge < -0.3 is 0 Å². The van der Waals surface area contributed by atoms with Crippen molar-refractivity contribution in [2.75, 3.05) is 0 Å². The average molecular weight is 184 g/mol. The molecule has 1 aromatic rings. The van der Waals surface area contributed by atoms with E-state index in [1.54, 1.807) is 5.10 Å². The lowest BCUT2D eigenvalue weighted by atomic mass is 10.5. The zero-order chi connectivity index (χ0) is 9.52. The van der Waals surface area contributed by atoms with Crippen LogP contribution < -0.4 is 5.56 Å². The van der Waals surface area contributed by atoms with Gasteiger partial charge in [0.2, 0.25) is 5.82 Å². The molecule has 0 aliphatic heterocycles. The molecule has 0 bridgehead atoms. The summed E-state index contributed by atoms with van der Waals surface area (Å²) in [4.78, 5) is 10.5. The SMILES string of the molecule is Cc1[nH]n(C(F)(F)F)c(=O)c1F. The lowest BCUT2D eigenvalue weighted by Crippen LogP contribution is -2.29. The Labute approximate surface area is 63.6 Å². The Balaban J connectivity index is 3.38. The van der Waals surface area contributed by atoms with Crippen LogP contribution in [0.4, 0.5) is 17.6 Å². The maximum Gasteiger partial charge on any atom is 0.506 e. The monoisotopic (exact) mass is 184 g/mol. The molecule has 1 aromatic heterocycles. The largest absolute Gasteiger partial charge is 0.506 e. The fourth-order valence-corrected chi connectivity index (χ4v) is 0.705. The van der Waals surface area contributed by atoms with Gasteiger partial charge in [-0.25, -0.2) is 0 Å². The number of nitrogens with one attached hydrogen (secondary N) is 1. The van der Waals surface area contributed by atoms with Crippen molar-refractivity contribution in [1.29, 1.82) is 0 Å². The summed E-state index contributed by atoms with van der Waals surface area (Å²) in [6.07, 6.45) is -4.90. The molecule has 0 radical (unpaired) electrons. The Hall–Kier alpha value is -1.27. The fraction of sp³-hybridized carbons (Fsp3) is 0.400. The first-order valence-corrected chi connectivity index (χ1v) is 2.88. The van der Waals surface area contributed by atoms with Crippen molar-refractivity contribution in [3.8, 4) is 0 Å². The minimum Gasteiger partial charge on any atom is -0.290 e. The quantitative estimate of drug-likeness (QED) is 0.602. The van der Waals surface area contributed by atoms with Gasteiger partial charge in [0.05, 0.1) is 5.69 Å². The van der Waals surface area contributed by atoms with Crippen LogP contribution in [0.5, 0.6) is 0 Å². The molecule has 0 amide bonds. The molecular formula is C5H4F4N2O. The summed E-state index contributed by atoms with van der Waals surface area (Å²) in [6, 6.07) is 0. The molecule has 7 heteroatoms. The maximum atomic E-state index is 12.4. The van der Waals surface area contributed by atoms with Crippen molar-refractivity contribution in [2.24, 2.45) is 0 Å². The highest BCUT2D eigenvalue weighted by Gasteiger charge is 2.35. The predicted molar refractivity (Wildman–Crippen MR) is 31.0 cm³/mol. The minimum atomic E-state index is -4.90. The smallest absolute Gasteiger partial charge is 0.290 e. The normalized spacial score (nSPS) is 12.1. The van der Waals surface area contributed by atoms with Crippen molar-refractivity contribution in [3.05, 3.63) is 21.9 Å². The van der Waals surface area contributed by atoms with Gasteiger partial charge in [0, 0.05) is 0 Å². The first kappa shape index (κ1) is 8.82. The van der Waals surface area contributed by atoms with Crippen molar-refractivity contribution in [3.63, 3.8) is 0 Å². The van der Waals surface area contributed by atoms with Gasteiger partial charge in [-0.05, 0) is 6.92 Å². The molecule has 0 atom stereocenters. The molecule has 1 N–H and O–H groups in total. The number of aromatic nitrogens is 2. The van der Waals surface area contributed by atoms with E-state index in [1.807, 2.05) is 0 Å². The topological polar surface area (TPSA) is 37.8 Å². The molecule has 0 unspecified atom stereocenters. The third-order valence-corrected chi connectivity index (χ3v) is 1.25. The molecule has 0 saturated heterocycles. The number of aromatic amines is 1. The third-order valence-electron chi connectivity index (χ3n) is 1.25. The fourth-order valence-electron chi connectivity index (χ4n) is 0.705. The van der Waals surface area contributed by atoms with Crippen molar-refractivity contribution < 1.29 is 17.6 Å². The summed E-state index contributed by atoms with van der Waals surface area (Å²) in [5.41, 5.74) is -2.14. The standard InChI is InChI=1S/C5H4F4N2O/c1-2-3(6)4(12)11(10-2)5(7,8)9/h10H,1H3. The Morgan fingerprint density at radius 2 is 1.92 bits per heavy atom. The Morgan fingerprint density at radius 3 is 2.08 bits per heavy atom. The number of aryl methyl sites for hydroxylation is 1. The second-order valence-electron chi connectivity index (χ2n) is 2.16. The van der Waals surface area contributed by atoms with Crippen LogP contribution in [0.3, 0.4) is 0 Å². The van der Waals surface area contributed by atoms with Gasteiger partial charge in [-0.1, -0.05) is 0 Å². The summed E-state index contributed by atoms with van der Waals surface area (Å²) in [5, 5.41) is 1.56. The molecule has 68 valence electrons. The lowest BCUT2D eigenvalue weighted by Gasteiger charge is -2.03. The molecule has 0 fully saturated rings. The zero-order valence-electron chi connectivity index (χ0n) is 5.87. The van der Waals surface area contributed by atoms with E-state index in [9.17, 15) is 22.4 Å². The number of halogens is 4. The van der Waals surface area contributed by atoms with Gasteiger partial charge >= 0.3 is 11.9 Å². The van der Waals surface area contributed by atoms with Crippen molar-refractivity contribution in [1.82, 2.24) is 9.78 Å². The van der Waals surface area contributed by atoms with Crippen LogP contribution in [0.15, 0.2) is 4.79 Å². The van der Waals surface area contributed by atoms with Crippen molar-refractivity contribution in [2.45, 2.75) is 13.2 Å². The van der Waals surface area contributed by atoms with Crippen LogP contribution in [0.2, 0.25) is 0 Å². The highest BCUT2D eigenvalue weighted by Crippen LogP contribution is 2.19. The van der Waals surface area contributed by atoms with Crippen LogP contribution in [-0.2, 0) is 6.30 Å². The minimum absolute atomic E-state index is 0.433. The highest BCUT2D eigenvalue weighted by molar-refractivity contribution is 5.00. The highest BCUT2D eigenvalue weighted by atomic mass is 19.4. The summed E-state index contributed by atoms with van der Waals surface area (Å²) in [5.74, 6) is -1.41. The third kappa shape index (κ3) is 1.21. The van der Waals surface area contributed by atoms with E-state index < -0.39 is 28.1 Å². The Morgan fingerprint density at radius 1 is 1.42 bits per heavy atom. The van der Waals surface area contributed by atoms with E-state index >= 15 is 0 Å². The van der Waals surface area contributed by atoms with E-state index in [0.29, 0.717) is 0 Å². The van der Waals surface area contributed by atoms with Gasteiger partial charge in [0.1, 0.15) is 0 Å². The lowest BCUT2D eigenvalue weighted by molar-refractivity contribution is -0.214. The molecule has 1 rings (SSSR count). The van der Waals surface area contributed by atoms with Gasteiger partial charge in [0.25, 0.3) is 0 Å². The van der Waals surface area contributed by atoms with Gasteiger partial charge in [-0.15, -0.1) is 13.2 Å². The molecule has 12 heavy (non-hydrogen) atoms. The molecule has 3 nitrogen and oxygen atoms in total. The van der Waals surface area contributed by atoms with Crippen LogP contribution in [-0.4, -0.2) is 9.78 Å². The van der Waals surface area contributed by atoms with Crippen molar-refractivity contribution >= 4 is 0 Å². The van der Waals surface area contributed by atoms with Crippen LogP contribution in [0, 0.1) is 12.7 Å². The van der Waals surface area contributed by atoms with Crippen LogP contribution in [0.25, 0.3) is 0 Å². The average Bonchev–Trinajstić information content (AvgIpc) is 2.15.